The number of piperazine rings is 1. The maximum Gasteiger partial charge on any atom is 0.243 e. The topological polar surface area (TPSA) is 70.2 Å². The van der Waals surface area contributed by atoms with E-state index in [-0.39, 0.29) is 11.8 Å². The van der Waals surface area contributed by atoms with E-state index in [4.69, 9.17) is 4.74 Å². The minimum Gasteiger partial charge on any atom is -0.497 e. The lowest BCUT2D eigenvalue weighted by atomic mass is 9.97. The lowest BCUT2D eigenvalue weighted by Crippen LogP contribution is -2.48. The molecular formula is C23H27N3O4S. The SMILES string of the molecule is COc1ccc(N2CCN(S(=O)(=O)c3cc4c5c(c3)[C@H](C)C(=O)N5CCC4)CC2)cc1. The van der Waals surface area contributed by atoms with Gasteiger partial charge in [0.1, 0.15) is 5.75 Å². The minimum absolute atomic E-state index is 0.0820. The van der Waals surface area contributed by atoms with Gasteiger partial charge < -0.3 is 14.5 Å². The van der Waals surface area contributed by atoms with Crippen molar-refractivity contribution in [2.75, 3.05) is 49.6 Å². The highest BCUT2D eigenvalue weighted by atomic mass is 32.2. The number of ether oxygens (including phenoxy) is 1. The number of amides is 1. The van der Waals surface area contributed by atoms with Crippen molar-refractivity contribution in [3.05, 3.63) is 47.5 Å². The van der Waals surface area contributed by atoms with Crippen LogP contribution < -0.4 is 14.5 Å². The lowest BCUT2D eigenvalue weighted by molar-refractivity contribution is -0.119. The number of methoxy groups -OCH3 is 1. The van der Waals surface area contributed by atoms with Crippen LogP contribution in [0.1, 0.15) is 30.4 Å². The molecule has 8 heteroatoms. The number of benzene rings is 2. The van der Waals surface area contributed by atoms with Crippen LogP contribution in [0.4, 0.5) is 11.4 Å². The molecule has 7 nitrogen and oxygen atoms in total. The van der Waals surface area contributed by atoms with E-state index >= 15 is 0 Å². The largest absolute Gasteiger partial charge is 0.497 e. The van der Waals surface area contributed by atoms with Crippen molar-refractivity contribution in [3.8, 4) is 5.75 Å². The first kappa shape index (κ1) is 20.3. The smallest absolute Gasteiger partial charge is 0.243 e. The Morgan fingerprint density at radius 1 is 1.00 bits per heavy atom. The van der Waals surface area contributed by atoms with Crippen LogP contribution in [0, 0.1) is 0 Å². The third-order valence-electron chi connectivity index (χ3n) is 6.71. The molecule has 5 rings (SSSR count). The van der Waals surface area contributed by atoms with E-state index < -0.39 is 10.0 Å². The van der Waals surface area contributed by atoms with Crippen molar-refractivity contribution in [2.24, 2.45) is 0 Å². The van der Waals surface area contributed by atoms with Crippen molar-refractivity contribution in [2.45, 2.75) is 30.6 Å². The van der Waals surface area contributed by atoms with Gasteiger partial charge in [0.25, 0.3) is 0 Å². The highest BCUT2D eigenvalue weighted by molar-refractivity contribution is 7.89. The molecule has 3 aliphatic heterocycles. The molecule has 31 heavy (non-hydrogen) atoms. The molecule has 3 heterocycles. The van der Waals surface area contributed by atoms with Crippen molar-refractivity contribution in [1.82, 2.24) is 4.31 Å². The molecule has 0 saturated carbocycles. The molecule has 0 aromatic heterocycles. The Kier molecular flexibility index (Phi) is 4.94. The molecule has 0 unspecified atom stereocenters. The van der Waals surface area contributed by atoms with Crippen molar-refractivity contribution in [1.29, 1.82) is 0 Å². The van der Waals surface area contributed by atoms with Crippen LogP contribution in [-0.4, -0.2) is 58.5 Å². The maximum absolute atomic E-state index is 13.5. The van der Waals surface area contributed by atoms with Crippen LogP contribution in [0.2, 0.25) is 0 Å². The van der Waals surface area contributed by atoms with Gasteiger partial charge in [0, 0.05) is 38.4 Å². The average Bonchev–Trinajstić information content (AvgIpc) is 3.05. The average molecular weight is 442 g/mol. The second-order valence-corrected chi connectivity index (χ2v) is 10.4. The monoisotopic (exact) mass is 441 g/mol. The molecule has 164 valence electrons. The van der Waals surface area contributed by atoms with E-state index in [1.54, 1.807) is 23.5 Å². The predicted molar refractivity (Wildman–Crippen MR) is 119 cm³/mol. The number of hydrogen-bond acceptors (Lipinski definition) is 5. The van der Waals surface area contributed by atoms with Gasteiger partial charge in [-0.25, -0.2) is 8.42 Å². The van der Waals surface area contributed by atoms with Gasteiger partial charge >= 0.3 is 0 Å². The first-order valence-electron chi connectivity index (χ1n) is 10.8. The Bertz CT molecular complexity index is 1120. The fraction of sp³-hybridized carbons (Fsp3) is 0.435. The predicted octanol–water partition coefficient (Wildman–Crippen LogP) is 2.60. The zero-order valence-corrected chi connectivity index (χ0v) is 18.7. The fourth-order valence-corrected chi connectivity index (χ4v) is 6.45. The zero-order chi connectivity index (χ0) is 21.8. The quantitative estimate of drug-likeness (QED) is 0.730. The number of hydrogen-bond donors (Lipinski definition) is 0. The van der Waals surface area contributed by atoms with Gasteiger partial charge in [-0.3, -0.25) is 4.79 Å². The zero-order valence-electron chi connectivity index (χ0n) is 17.9. The molecule has 1 amide bonds. The molecule has 0 spiro atoms. The van der Waals surface area contributed by atoms with Crippen molar-refractivity contribution < 1.29 is 17.9 Å². The van der Waals surface area contributed by atoms with E-state index in [0.717, 1.165) is 47.6 Å². The summed E-state index contributed by atoms with van der Waals surface area (Å²) in [6.07, 6.45) is 1.68. The van der Waals surface area contributed by atoms with Gasteiger partial charge in [0.2, 0.25) is 15.9 Å². The number of rotatable bonds is 4. The molecule has 0 aliphatic carbocycles. The number of carbonyl (C=O) groups is 1. The van der Waals surface area contributed by atoms with Crippen LogP contribution in [0.15, 0.2) is 41.3 Å². The highest BCUT2D eigenvalue weighted by Gasteiger charge is 2.39. The summed E-state index contributed by atoms with van der Waals surface area (Å²) in [6.45, 7) is 4.73. The molecule has 1 fully saturated rings. The summed E-state index contributed by atoms with van der Waals surface area (Å²) in [4.78, 5) is 17.0. The molecule has 3 aliphatic rings. The second-order valence-electron chi connectivity index (χ2n) is 8.42. The number of anilines is 2. The molecule has 2 aromatic rings. The molecular weight excluding hydrogens is 414 g/mol. The van der Waals surface area contributed by atoms with Crippen LogP contribution in [-0.2, 0) is 21.2 Å². The van der Waals surface area contributed by atoms with Gasteiger partial charge in [0.15, 0.2) is 0 Å². The van der Waals surface area contributed by atoms with E-state index in [2.05, 4.69) is 4.90 Å². The van der Waals surface area contributed by atoms with Crippen LogP contribution in [0.5, 0.6) is 5.75 Å². The van der Waals surface area contributed by atoms with E-state index in [1.807, 2.05) is 36.1 Å². The van der Waals surface area contributed by atoms with Crippen molar-refractivity contribution in [3.63, 3.8) is 0 Å². The summed E-state index contributed by atoms with van der Waals surface area (Å²) in [5.74, 6) is 0.601. The summed E-state index contributed by atoms with van der Waals surface area (Å²) in [6, 6.07) is 11.4. The highest BCUT2D eigenvalue weighted by Crippen LogP contribution is 2.44. The van der Waals surface area contributed by atoms with Gasteiger partial charge in [-0.1, -0.05) is 0 Å². The fourth-order valence-electron chi connectivity index (χ4n) is 4.94. The minimum atomic E-state index is -3.61. The van der Waals surface area contributed by atoms with Crippen LogP contribution >= 0.6 is 0 Å². The molecule has 1 atom stereocenters. The lowest BCUT2D eigenvalue weighted by Gasteiger charge is -2.35. The number of carbonyl (C=O) groups excluding carboxylic acids is 1. The molecule has 0 radical (unpaired) electrons. The Morgan fingerprint density at radius 2 is 1.71 bits per heavy atom. The van der Waals surface area contributed by atoms with Crippen LogP contribution in [0.3, 0.4) is 0 Å². The molecule has 0 bridgehead atoms. The summed E-state index contributed by atoms with van der Waals surface area (Å²) < 4.78 is 33.7. The standard InChI is InChI=1S/C23H27N3O4S/c1-16-21-15-20(14-17-4-3-9-26(22(17)21)23(16)27)31(28,29)25-12-10-24(11-13-25)18-5-7-19(30-2)8-6-18/h5-8,14-16H,3-4,9-13H2,1-2H3/t16-/m0/s1. The Labute approximate surface area is 183 Å². The Hall–Kier alpha value is -2.58. The normalized spacial score (nSPS) is 21.4. The number of sulfonamides is 1. The molecule has 0 N–H and O–H groups in total. The molecule has 2 aromatic carbocycles. The maximum atomic E-state index is 13.5. The van der Waals surface area contributed by atoms with Gasteiger partial charge in [0.05, 0.1) is 23.6 Å². The van der Waals surface area contributed by atoms with Gasteiger partial charge in [-0.2, -0.15) is 4.31 Å². The third kappa shape index (κ3) is 3.29. The van der Waals surface area contributed by atoms with E-state index in [9.17, 15) is 13.2 Å². The number of nitrogens with zero attached hydrogens (tertiary/aromatic N) is 3. The Morgan fingerprint density at radius 3 is 2.39 bits per heavy atom. The third-order valence-corrected chi connectivity index (χ3v) is 8.58. The summed E-state index contributed by atoms with van der Waals surface area (Å²) in [5, 5.41) is 0. The van der Waals surface area contributed by atoms with Gasteiger partial charge in [-0.05, 0) is 67.3 Å². The molecule has 1 saturated heterocycles. The number of aryl methyl sites for hydroxylation is 1. The van der Waals surface area contributed by atoms with E-state index in [0.29, 0.717) is 31.1 Å². The van der Waals surface area contributed by atoms with Crippen LogP contribution in [0.25, 0.3) is 0 Å². The Balaban J connectivity index is 1.38. The first-order valence-corrected chi connectivity index (χ1v) is 12.2. The van der Waals surface area contributed by atoms with E-state index in [1.165, 1.54) is 0 Å². The first-order chi connectivity index (χ1) is 14.9. The summed E-state index contributed by atoms with van der Waals surface area (Å²) >= 11 is 0. The summed E-state index contributed by atoms with van der Waals surface area (Å²) in [5.41, 5.74) is 3.86. The van der Waals surface area contributed by atoms with Gasteiger partial charge in [-0.15, -0.1) is 0 Å². The second kappa shape index (κ2) is 7.53. The van der Waals surface area contributed by atoms with Crippen molar-refractivity contribution >= 4 is 27.3 Å². The summed E-state index contributed by atoms with van der Waals surface area (Å²) in [7, 11) is -1.97.